The second kappa shape index (κ2) is 11.3. The Morgan fingerprint density at radius 2 is 1.77 bits per heavy atom. The van der Waals surface area contributed by atoms with Gasteiger partial charge in [0, 0.05) is 24.2 Å². The molecule has 6 rings (SSSR count). The number of benzene rings is 3. The van der Waals surface area contributed by atoms with E-state index in [0.717, 1.165) is 27.9 Å². The summed E-state index contributed by atoms with van der Waals surface area (Å²) in [6.07, 6.45) is 0. The van der Waals surface area contributed by atoms with Gasteiger partial charge in [-0.25, -0.2) is 9.07 Å². The molecule has 2 aliphatic rings. The van der Waals surface area contributed by atoms with Crippen LogP contribution < -0.4 is 4.90 Å². The van der Waals surface area contributed by atoms with Gasteiger partial charge in [-0.05, 0) is 36.8 Å². The lowest BCUT2D eigenvalue weighted by atomic mass is 9.99. The van der Waals surface area contributed by atoms with Gasteiger partial charge in [-0.3, -0.25) is 14.5 Å². The van der Waals surface area contributed by atoms with Crippen LogP contribution in [0.15, 0.2) is 78.9 Å². The largest absolute Gasteiger partial charge is 0.378 e. The van der Waals surface area contributed by atoms with Gasteiger partial charge in [-0.1, -0.05) is 60.2 Å². The van der Waals surface area contributed by atoms with Crippen molar-refractivity contribution in [2.24, 2.45) is 0 Å². The fourth-order valence-electron chi connectivity index (χ4n) is 5.18. The van der Waals surface area contributed by atoms with Crippen LogP contribution in [-0.4, -0.2) is 65.1 Å². The fraction of sp³-hybridized carbons (Fsp3) is 0.258. The number of fused-ring (bicyclic) bond motifs is 1. The average molecular weight is 557 g/mol. The molecule has 1 atom stereocenters. The molecule has 3 aromatic carbocycles. The first-order chi connectivity index (χ1) is 19.5. The molecule has 1 fully saturated rings. The second-order valence-corrected chi connectivity index (χ2v) is 11.0. The third kappa shape index (κ3) is 5.14. The van der Waals surface area contributed by atoms with Crippen molar-refractivity contribution in [1.29, 1.82) is 0 Å². The average Bonchev–Trinajstić information content (AvgIpc) is 3.30. The number of anilines is 1. The molecule has 2 aliphatic heterocycles. The maximum absolute atomic E-state index is 14.5. The molecule has 9 heteroatoms. The first-order valence-electron chi connectivity index (χ1n) is 13.3. The molecule has 4 aromatic rings. The summed E-state index contributed by atoms with van der Waals surface area (Å²) in [6, 6.07) is 24.2. The number of hydrogen-bond donors (Lipinski definition) is 0. The van der Waals surface area contributed by atoms with Gasteiger partial charge in [-0.2, -0.15) is 5.10 Å². The zero-order chi connectivity index (χ0) is 27.6. The molecule has 2 amide bonds. The van der Waals surface area contributed by atoms with E-state index < -0.39 is 0 Å². The summed E-state index contributed by atoms with van der Waals surface area (Å²) in [5.74, 6) is -0.0151. The Morgan fingerprint density at radius 3 is 2.50 bits per heavy atom. The monoisotopic (exact) mass is 556 g/mol. The molecule has 0 spiro atoms. The van der Waals surface area contributed by atoms with Crippen molar-refractivity contribution in [3.8, 4) is 16.9 Å². The molecule has 40 heavy (non-hydrogen) atoms. The molecular formula is C31H29FN4O3S. The summed E-state index contributed by atoms with van der Waals surface area (Å²) >= 11 is 1.43. The molecule has 0 unspecified atom stereocenters. The third-order valence-corrected chi connectivity index (χ3v) is 8.48. The van der Waals surface area contributed by atoms with Crippen molar-refractivity contribution in [2.75, 3.05) is 43.5 Å². The molecule has 3 heterocycles. The second-order valence-electron chi connectivity index (χ2n) is 9.92. The number of hydrogen-bond acceptors (Lipinski definition) is 5. The van der Waals surface area contributed by atoms with Crippen LogP contribution in [-0.2, 0) is 14.3 Å². The summed E-state index contributed by atoms with van der Waals surface area (Å²) < 4.78 is 21.7. The zero-order valence-corrected chi connectivity index (χ0v) is 22.9. The summed E-state index contributed by atoms with van der Waals surface area (Å²) in [6.45, 7) is 3.82. The third-order valence-electron chi connectivity index (χ3n) is 7.22. The maximum Gasteiger partial charge on any atom is 0.242 e. The molecule has 0 N–H and O–H groups in total. The molecule has 0 bridgehead atoms. The van der Waals surface area contributed by atoms with Crippen LogP contribution in [0.1, 0.15) is 21.9 Å². The zero-order valence-electron chi connectivity index (χ0n) is 22.1. The number of amides is 2. The van der Waals surface area contributed by atoms with Crippen LogP contribution in [0, 0.1) is 12.7 Å². The SMILES string of the molecule is Cc1ccc(-n2nc(-c3ccccc3)c3c2N(CC(=O)N2CCOCC2)C(=O)CS[C@H]3c2cccc(F)c2)cc1. The number of carbonyl (C=O) groups excluding carboxylic acids is 2. The van der Waals surface area contributed by atoms with Crippen LogP contribution in [0.4, 0.5) is 10.2 Å². The number of halogens is 1. The predicted octanol–water partition coefficient (Wildman–Crippen LogP) is 5.01. The normalized spacial score (nSPS) is 17.4. The molecule has 1 saturated heterocycles. The number of rotatable bonds is 5. The van der Waals surface area contributed by atoms with Gasteiger partial charge in [0.25, 0.3) is 0 Å². The number of nitrogens with zero attached hydrogens (tertiary/aromatic N) is 4. The highest BCUT2D eigenvalue weighted by molar-refractivity contribution is 8.00. The number of thioether (sulfide) groups is 1. The Labute approximate surface area is 236 Å². The van der Waals surface area contributed by atoms with Gasteiger partial charge in [0.05, 0.1) is 35.6 Å². The lowest BCUT2D eigenvalue weighted by Gasteiger charge is -2.30. The van der Waals surface area contributed by atoms with Gasteiger partial charge >= 0.3 is 0 Å². The molecular weight excluding hydrogens is 527 g/mol. The highest BCUT2D eigenvalue weighted by Crippen LogP contribution is 2.48. The molecule has 0 saturated carbocycles. The van der Waals surface area contributed by atoms with E-state index in [4.69, 9.17) is 9.84 Å². The fourth-order valence-corrected chi connectivity index (χ4v) is 6.36. The molecule has 7 nitrogen and oxygen atoms in total. The van der Waals surface area contributed by atoms with E-state index in [1.54, 1.807) is 20.5 Å². The summed E-state index contributed by atoms with van der Waals surface area (Å²) in [4.78, 5) is 30.6. The quantitative estimate of drug-likeness (QED) is 0.346. The highest BCUT2D eigenvalue weighted by Gasteiger charge is 2.38. The van der Waals surface area contributed by atoms with Gasteiger partial charge < -0.3 is 9.64 Å². The Morgan fingerprint density at radius 1 is 1.02 bits per heavy atom. The minimum Gasteiger partial charge on any atom is -0.378 e. The number of morpholine rings is 1. The van der Waals surface area contributed by atoms with E-state index in [1.165, 1.54) is 23.9 Å². The number of carbonyl (C=O) groups is 2. The standard InChI is InChI=1S/C31H29FN4O3S/c1-21-10-12-25(13-11-21)36-31-28(29(33-36)22-6-3-2-4-7-22)30(23-8-5-9-24(32)18-23)40-20-27(38)35(31)19-26(37)34-14-16-39-17-15-34/h2-13,18,30H,14-17,19-20H2,1H3/t30-/m0/s1. The molecule has 1 aromatic heterocycles. The number of aromatic nitrogens is 2. The molecule has 0 aliphatic carbocycles. The van der Waals surface area contributed by atoms with Crippen molar-refractivity contribution in [2.45, 2.75) is 12.2 Å². The van der Waals surface area contributed by atoms with Crippen molar-refractivity contribution in [3.05, 3.63) is 101 Å². The van der Waals surface area contributed by atoms with E-state index in [9.17, 15) is 14.0 Å². The van der Waals surface area contributed by atoms with Crippen LogP contribution >= 0.6 is 11.8 Å². The lowest BCUT2D eigenvalue weighted by molar-refractivity contribution is -0.134. The van der Waals surface area contributed by atoms with Crippen molar-refractivity contribution < 1.29 is 18.7 Å². The molecule has 0 radical (unpaired) electrons. The van der Waals surface area contributed by atoms with Gasteiger partial charge in [0.15, 0.2) is 0 Å². The summed E-state index contributed by atoms with van der Waals surface area (Å²) in [5, 5.41) is 4.70. The number of ether oxygens (including phenoxy) is 1. The van der Waals surface area contributed by atoms with E-state index in [-0.39, 0.29) is 35.2 Å². The van der Waals surface area contributed by atoms with Crippen molar-refractivity contribution >= 4 is 29.4 Å². The Hall–Kier alpha value is -3.95. The first kappa shape index (κ1) is 26.3. The van der Waals surface area contributed by atoms with E-state index in [1.807, 2.05) is 67.6 Å². The van der Waals surface area contributed by atoms with Gasteiger partial charge in [0.2, 0.25) is 11.8 Å². The summed E-state index contributed by atoms with van der Waals surface area (Å²) in [7, 11) is 0. The van der Waals surface area contributed by atoms with E-state index in [2.05, 4.69) is 0 Å². The van der Waals surface area contributed by atoms with Crippen molar-refractivity contribution in [3.63, 3.8) is 0 Å². The van der Waals surface area contributed by atoms with Crippen LogP contribution in [0.2, 0.25) is 0 Å². The first-order valence-corrected chi connectivity index (χ1v) is 14.3. The van der Waals surface area contributed by atoms with E-state index in [0.29, 0.717) is 37.8 Å². The Kier molecular flexibility index (Phi) is 7.40. The lowest BCUT2D eigenvalue weighted by Crippen LogP contribution is -2.48. The van der Waals surface area contributed by atoms with Crippen LogP contribution in [0.5, 0.6) is 0 Å². The van der Waals surface area contributed by atoms with Gasteiger partial charge in [0.1, 0.15) is 18.2 Å². The maximum atomic E-state index is 14.5. The predicted molar refractivity (Wildman–Crippen MR) is 154 cm³/mol. The number of aryl methyl sites for hydroxylation is 1. The Bertz CT molecular complexity index is 1530. The Balaban J connectivity index is 1.58. The highest BCUT2D eigenvalue weighted by atomic mass is 32.2. The van der Waals surface area contributed by atoms with Crippen LogP contribution in [0.3, 0.4) is 0 Å². The molecule has 204 valence electrons. The minimum atomic E-state index is -0.382. The smallest absolute Gasteiger partial charge is 0.242 e. The topological polar surface area (TPSA) is 67.7 Å². The minimum absolute atomic E-state index is 0.117. The van der Waals surface area contributed by atoms with Crippen LogP contribution in [0.25, 0.3) is 16.9 Å². The summed E-state index contributed by atoms with van der Waals surface area (Å²) in [5.41, 5.74) is 4.94. The van der Waals surface area contributed by atoms with Gasteiger partial charge in [-0.15, -0.1) is 11.8 Å². The van der Waals surface area contributed by atoms with E-state index >= 15 is 0 Å². The van der Waals surface area contributed by atoms with Crippen molar-refractivity contribution in [1.82, 2.24) is 14.7 Å².